The van der Waals surface area contributed by atoms with E-state index in [2.05, 4.69) is 20.7 Å². The molecule has 0 aliphatic heterocycles. The molecule has 37 heavy (non-hydrogen) atoms. The first-order valence-electron chi connectivity index (χ1n) is 12.3. The van der Waals surface area contributed by atoms with E-state index in [9.17, 15) is 9.59 Å². The van der Waals surface area contributed by atoms with Gasteiger partial charge in [-0.25, -0.2) is 0 Å². The van der Waals surface area contributed by atoms with Gasteiger partial charge in [0, 0.05) is 11.7 Å². The van der Waals surface area contributed by atoms with Gasteiger partial charge >= 0.3 is 0 Å². The minimum atomic E-state index is -0.887. The van der Waals surface area contributed by atoms with Crippen LogP contribution in [0.25, 0.3) is 10.7 Å². The highest BCUT2D eigenvalue weighted by atomic mass is 32.1. The van der Waals surface area contributed by atoms with Gasteiger partial charge in [0.15, 0.2) is 0 Å². The fraction of sp³-hybridized carbons (Fsp3) is 0.296. The number of tetrazole rings is 1. The number of hydrogen-bond acceptors (Lipinski definition) is 7. The second-order valence-electron chi connectivity index (χ2n) is 8.89. The number of methoxy groups -OCH3 is 1. The number of nitrogens with zero attached hydrogens (tertiary/aromatic N) is 5. The van der Waals surface area contributed by atoms with Crippen molar-refractivity contribution in [3.63, 3.8) is 0 Å². The lowest BCUT2D eigenvalue weighted by Crippen LogP contribution is -2.47. The van der Waals surface area contributed by atoms with Crippen LogP contribution in [0.3, 0.4) is 0 Å². The molecule has 190 valence electrons. The maximum atomic E-state index is 13.9. The van der Waals surface area contributed by atoms with Gasteiger partial charge in [-0.3, -0.25) is 14.5 Å². The predicted molar refractivity (Wildman–Crippen MR) is 141 cm³/mol. The molecule has 1 saturated carbocycles. The standard InChI is InChI=1S/C27H28N6O3S/c1-36-22-15-13-19(14-16-22)25(27(35)28-20-8-5-6-9-20)33(21-10-3-2-4-11-21)24(34)18-32-30-26(29-31-32)23-12-7-17-37-23/h2-4,7,10-17,20,25H,5-6,8-9,18H2,1H3,(H,28,35)/t25-/m1/s1. The van der Waals surface area contributed by atoms with E-state index in [1.807, 2.05) is 60.0 Å². The van der Waals surface area contributed by atoms with Crippen LogP contribution in [0.5, 0.6) is 5.75 Å². The van der Waals surface area contributed by atoms with Crippen molar-refractivity contribution in [2.45, 2.75) is 44.3 Å². The highest BCUT2D eigenvalue weighted by Gasteiger charge is 2.34. The molecule has 2 heterocycles. The lowest BCUT2D eigenvalue weighted by molar-refractivity contribution is -0.127. The SMILES string of the molecule is COc1ccc([C@H](C(=O)NC2CCCC2)N(C(=O)Cn2nnc(-c3cccs3)n2)c2ccccc2)cc1. The van der Waals surface area contributed by atoms with Gasteiger partial charge < -0.3 is 10.1 Å². The summed E-state index contributed by atoms with van der Waals surface area (Å²) in [5.74, 6) is 0.577. The first kappa shape index (κ1) is 24.6. The Morgan fingerprint density at radius 3 is 2.51 bits per heavy atom. The highest BCUT2D eigenvalue weighted by Crippen LogP contribution is 2.30. The number of nitrogens with one attached hydrogen (secondary N) is 1. The third kappa shape index (κ3) is 5.69. The van der Waals surface area contributed by atoms with Crippen molar-refractivity contribution in [2.75, 3.05) is 12.0 Å². The lowest BCUT2D eigenvalue weighted by Gasteiger charge is -2.32. The van der Waals surface area contributed by atoms with Gasteiger partial charge in [-0.1, -0.05) is 49.2 Å². The van der Waals surface area contributed by atoms with Gasteiger partial charge in [-0.05, 0) is 59.3 Å². The average Bonchev–Trinajstić information content (AvgIpc) is 3.71. The molecule has 1 aliphatic carbocycles. The Hall–Kier alpha value is -4.05. The molecule has 0 spiro atoms. The third-order valence-electron chi connectivity index (χ3n) is 6.41. The fourth-order valence-corrected chi connectivity index (χ4v) is 5.24. The van der Waals surface area contributed by atoms with Gasteiger partial charge in [0.2, 0.25) is 11.7 Å². The summed E-state index contributed by atoms with van der Waals surface area (Å²) >= 11 is 1.50. The molecule has 0 unspecified atom stereocenters. The van der Waals surface area contributed by atoms with E-state index in [1.165, 1.54) is 21.0 Å². The zero-order chi connectivity index (χ0) is 25.6. The molecule has 2 amide bonds. The Labute approximate surface area is 219 Å². The molecule has 2 aromatic carbocycles. The minimum absolute atomic E-state index is 0.103. The van der Waals surface area contributed by atoms with E-state index in [1.54, 1.807) is 19.2 Å². The summed E-state index contributed by atoms with van der Waals surface area (Å²) < 4.78 is 5.31. The molecular weight excluding hydrogens is 488 g/mol. The second kappa shape index (κ2) is 11.3. The maximum Gasteiger partial charge on any atom is 0.251 e. The zero-order valence-corrected chi connectivity index (χ0v) is 21.3. The van der Waals surface area contributed by atoms with Gasteiger partial charge in [-0.15, -0.1) is 21.5 Å². The van der Waals surface area contributed by atoms with Crippen LogP contribution in [0.2, 0.25) is 0 Å². The minimum Gasteiger partial charge on any atom is -0.497 e. The van der Waals surface area contributed by atoms with Crippen molar-refractivity contribution in [2.24, 2.45) is 0 Å². The van der Waals surface area contributed by atoms with Crippen LogP contribution in [0.4, 0.5) is 5.69 Å². The van der Waals surface area contributed by atoms with Crippen molar-refractivity contribution in [1.29, 1.82) is 0 Å². The van der Waals surface area contributed by atoms with Crippen molar-refractivity contribution < 1.29 is 14.3 Å². The van der Waals surface area contributed by atoms with E-state index in [0.29, 0.717) is 22.8 Å². The smallest absolute Gasteiger partial charge is 0.251 e. The maximum absolute atomic E-state index is 13.9. The van der Waals surface area contributed by atoms with E-state index >= 15 is 0 Å². The summed E-state index contributed by atoms with van der Waals surface area (Å²) in [7, 11) is 1.59. The van der Waals surface area contributed by atoms with Crippen molar-refractivity contribution in [3.05, 3.63) is 77.7 Å². The number of thiophene rings is 1. The molecule has 1 aliphatic rings. The number of ether oxygens (including phenoxy) is 1. The van der Waals surface area contributed by atoms with Crippen molar-refractivity contribution in [3.8, 4) is 16.5 Å². The van der Waals surface area contributed by atoms with Crippen LogP contribution in [0.15, 0.2) is 72.1 Å². The Bertz CT molecular complexity index is 1320. The average molecular weight is 517 g/mol. The molecule has 5 rings (SSSR count). The van der Waals surface area contributed by atoms with E-state index in [4.69, 9.17) is 4.74 Å². The van der Waals surface area contributed by atoms with Crippen LogP contribution in [0.1, 0.15) is 37.3 Å². The van der Waals surface area contributed by atoms with E-state index in [0.717, 1.165) is 30.6 Å². The summed E-state index contributed by atoms with van der Waals surface area (Å²) in [6.07, 6.45) is 4.05. The Kier molecular flexibility index (Phi) is 7.55. The van der Waals surface area contributed by atoms with Crippen LogP contribution in [-0.4, -0.2) is 45.2 Å². The quantitative estimate of drug-likeness (QED) is 0.357. The number of carbonyl (C=O) groups is 2. The van der Waals surface area contributed by atoms with Crippen molar-refractivity contribution in [1.82, 2.24) is 25.5 Å². The normalized spacial score (nSPS) is 14.3. The summed E-state index contributed by atoms with van der Waals surface area (Å²) in [5, 5.41) is 17.7. The van der Waals surface area contributed by atoms with Crippen LogP contribution < -0.4 is 15.0 Å². The summed E-state index contributed by atoms with van der Waals surface area (Å²) in [6, 6.07) is 19.5. The third-order valence-corrected chi connectivity index (χ3v) is 7.28. The van der Waals surface area contributed by atoms with Crippen LogP contribution in [-0.2, 0) is 16.1 Å². The summed E-state index contributed by atoms with van der Waals surface area (Å²) in [5.41, 5.74) is 1.29. The first-order chi connectivity index (χ1) is 18.1. The zero-order valence-electron chi connectivity index (χ0n) is 20.5. The molecular formula is C27H28N6O3S. The van der Waals surface area contributed by atoms with Gasteiger partial charge in [0.05, 0.1) is 12.0 Å². The van der Waals surface area contributed by atoms with Crippen molar-refractivity contribution >= 4 is 28.8 Å². The molecule has 2 aromatic heterocycles. The van der Waals surface area contributed by atoms with E-state index < -0.39 is 6.04 Å². The van der Waals surface area contributed by atoms with Gasteiger partial charge in [0.1, 0.15) is 18.3 Å². The Balaban J connectivity index is 1.49. The molecule has 1 atom stereocenters. The fourth-order valence-electron chi connectivity index (χ4n) is 4.59. The molecule has 1 N–H and O–H groups in total. The number of amides is 2. The van der Waals surface area contributed by atoms with Gasteiger partial charge in [0.25, 0.3) is 5.91 Å². The number of hydrogen-bond donors (Lipinski definition) is 1. The summed E-state index contributed by atoms with van der Waals surface area (Å²) in [6.45, 7) is -0.170. The molecule has 0 bridgehead atoms. The molecule has 9 nitrogen and oxygen atoms in total. The second-order valence-corrected chi connectivity index (χ2v) is 9.83. The highest BCUT2D eigenvalue weighted by molar-refractivity contribution is 7.13. The van der Waals surface area contributed by atoms with E-state index in [-0.39, 0.29) is 24.4 Å². The molecule has 10 heteroatoms. The predicted octanol–water partition coefficient (Wildman–Crippen LogP) is 4.24. The number of anilines is 1. The first-order valence-corrected chi connectivity index (χ1v) is 13.1. The number of aromatic nitrogens is 4. The number of benzene rings is 2. The summed E-state index contributed by atoms with van der Waals surface area (Å²) in [4.78, 5) is 31.3. The number of carbonyl (C=O) groups excluding carboxylic acids is 2. The van der Waals surface area contributed by atoms with Crippen LogP contribution in [0, 0.1) is 0 Å². The van der Waals surface area contributed by atoms with Gasteiger partial charge in [-0.2, -0.15) is 4.80 Å². The Morgan fingerprint density at radius 2 is 1.84 bits per heavy atom. The molecule has 0 saturated heterocycles. The number of para-hydroxylation sites is 1. The molecule has 4 aromatic rings. The largest absolute Gasteiger partial charge is 0.497 e. The Morgan fingerprint density at radius 1 is 1.08 bits per heavy atom. The monoisotopic (exact) mass is 516 g/mol. The molecule has 1 fully saturated rings. The van der Waals surface area contributed by atoms with Crippen LogP contribution >= 0.6 is 11.3 Å². The topological polar surface area (TPSA) is 102 Å². The molecule has 0 radical (unpaired) electrons. The number of rotatable bonds is 9. The lowest BCUT2D eigenvalue weighted by atomic mass is 10.0.